The maximum Gasteiger partial charge on any atom is 0.270 e. The van der Waals surface area contributed by atoms with Gasteiger partial charge in [0.2, 0.25) is 0 Å². The van der Waals surface area contributed by atoms with E-state index < -0.39 is 11.0 Å². The lowest BCUT2D eigenvalue weighted by atomic mass is 10.1. The lowest BCUT2D eigenvalue weighted by Gasteiger charge is -2.17. The number of ether oxygens (including phenoxy) is 2. The zero-order valence-corrected chi connectivity index (χ0v) is 18.2. The van der Waals surface area contributed by atoms with Crippen LogP contribution >= 0.6 is 11.8 Å². The summed E-state index contributed by atoms with van der Waals surface area (Å²) in [6.07, 6.45) is -0.398. The van der Waals surface area contributed by atoms with Crippen LogP contribution in [0.25, 0.3) is 0 Å². The smallest absolute Gasteiger partial charge is 0.270 e. The van der Waals surface area contributed by atoms with Crippen molar-refractivity contribution in [1.82, 2.24) is 14.8 Å². The normalized spacial score (nSPS) is 11.7. The molecule has 0 spiro atoms. The topological polar surface area (TPSA) is 109 Å². The molecule has 0 radical (unpaired) electrons. The predicted molar refractivity (Wildman–Crippen MR) is 116 cm³/mol. The first-order chi connectivity index (χ1) is 14.9. The number of carbonyl (C=O) groups is 1. The van der Waals surface area contributed by atoms with Crippen LogP contribution in [0.5, 0.6) is 11.5 Å². The van der Waals surface area contributed by atoms with Gasteiger partial charge in [0.1, 0.15) is 0 Å². The number of rotatable bonds is 10. The van der Waals surface area contributed by atoms with Crippen molar-refractivity contribution in [2.24, 2.45) is 0 Å². The Labute approximate surface area is 183 Å². The predicted octanol–water partition coefficient (Wildman–Crippen LogP) is 4.33. The highest BCUT2D eigenvalue weighted by molar-refractivity contribution is 7.99. The zero-order chi connectivity index (χ0) is 22.4. The van der Waals surface area contributed by atoms with Crippen molar-refractivity contribution in [2.75, 3.05) is 12.9 Å². The number of methoxy groups -OCH3 is 1. The fourth-order valence-corrected chi connectivity index (χ4v) is 3.87. The lowest BCUT2D eigenvalue weighted by Crippen LogP contribution is -2.12. The molecule has 1 atom stereocenters. The largest absolute Gasteiger partial charge is 0.493 e. The number of Topliss-reactive ketones (excluding diaryl/α,β-unsaturated/α-hetero) is 1. The summed E-state index contributed by atoms with van der Waals surface area (Å²) >= 11 is 1.23. The van der Waals surface area contributed by atoms with Crippen LogP contribution in [-0.4, -0.2) is 38.3 Å². The molecular formula is C21H22N4O5S. The molecule has 10 heteroatoms. The molecule has 0 fully saturated rings. The van der Waals surface area contributed by atoms with Gasteiger partial charge in [-0.3, -0.25) is 14.9 Å². The van der Waals surface area contributed by atoms with Crippen LogP contribution in [0, 0.1) is 10.1 Å². The summed E-state index contributed by atoms with van der Waals surface area (Å²) in [6.45, 7) is 4.41. The minimum absolute atomic E-state index is 0.0844. The van der Waals surface area contributed by atoms with Crippen molar-refractivity contribution in [2.45, 2.75) is 31.7 Å². The van der Waals surface area contributed by atoms with E-state index in [4.69, 9.17) is 9.47 Å². The van der Waals surface area contributed by atoms with Gasteiger partial charge in [0, 0.05) is 24.2 Å². The molecule has 0 aliphatic rings. The van der Waals surface area contributed by atoms with Gasteiger partial charge in [0.25, 0.3) is 5.69 Å². The van der Waals surface area contributed by atoms with Crippen molar-refractivity contribution in [3.8, 4) is 11.5 Å². The number of hydrogen-bond donors (Lipinski definition) is 0. The summed E-state index contributed by atoms with van der Waals surface area (Å²) in [7, 11) is 1.58. The van der Waals surface area contributed by atoms with E-state index >= 15 is 0 Å². The van der Waals surface area contributed by atoms with Crippen LogP contribution in [0.3, 0.4) is 0 Å². The molecule has 0 bridgehead atoms. The van der Waals surface area contributed by atoms with E-state index in [1.54, 1.807) is 13.2 Å². The van der Waals surface area contributed by atoms with Crippen LogP contribution in [0.1, 0.15) is 36.1 Å². The number of ketones is 1. The van der Waals surface area contributed by atoms with Gasteiger partial charge in [0.15, 0.2) is 34.4 Å². The molecule has 0 saturated heterocycles. The minimum atomic E-state index is -0.521. The fraction of sp³-hybridized carbons (Fsp3) is 0.286. The van der Waals surface area contributed by atoms with E-state index in [-0.39, 0.29) is 22.8 Å². The molecule has 9 nitrogen and oxygen atoms in total. The second-order valence-electron chi connectivity index (χ2n) is 6.52. The number of nitro groups is 1. The van der Waals surface area contributed by atoms with Gasteiger partial charge < -0.3 is 14.0 Å². The minimum Gasteiger partial charge on any atom is -0.493 e. The van der Waals surface area contributed by atoms with E-state index in [2.05, 4.69) is 10.2 Å². The molecule has 1 heterocycles. The van der Waals surface area contributed by atoms with E-state index in [1.165, 1.54) is 30.0 Å². The molecule has 1 aromatic heterocycles. The number of nitrogens with zero attached hydrogens (tertiary/aromatic N) is 4. The molecule has 1 unspecified atom stereocenters. The molecule has 3 aromatic rings. The Bertz CT molecular complexity index is 1090. The van der Waals surface area contributed by atoms with Crippen LogP contribution in [-0.2, 0) is 6.54 Å². The van der Waals surface area contributed by atoms with Crippen molar-refractivity contribution in [1.29, 1.82) is 0 Å². The summed E-state index contributed by atoms with van der Waals surface area (Å²) in [5, 5.41) is 20.0. The maximum atomic E-state index is 12.5. The Morgan fingerprint density at radius 2 is 1.94 bits per heavy atom. The average molecular weight is 442 g/mol. The lowest BCUT2D eigenvalue weighted by molar-refractivity contribution is -0.384. The van der Waals surface area contributed by atoms with Crippen molar-refractivity contribution in [3.63, 3.8) is 0 Å². The van der Waals surface area contributed by atoms with Crippen LogP contribution in [0.2, 0.25) is 0 Å². The second-order valence-corrected chi connectivity index (χ2v) is 7.46. The number of nitro benzene ring substituents is 1. The Balaban J connectivity index is 1.72. The van der Waals surface area contributed by atoms with E-state index in [1.807, 2.05) is 42.7 Å². The van der Waals surface area contributed by atoms with E-state index in [9.17, 15) is 14.9 Å². The van der Waals surface area contributed by atoms with Crippen LogP contribution < -0.4 is 9.47 Å². The number of para-hydroxylation sites is 2. The second kappa shape index (κ2) is 10.1. The van der Waals surface area contributed by atoms with Gasteiger partial charge in [-0.05, 0) is 26.0 Å². The van der Waals surface area contributed by atoms with Gasteiger partial charge in [-0.2, -0.15) is 0 Å². The number of carbonyl (C=O) groups excluding carboxylic acids is 1. The number of benzene rings is 2. The van der Waals surface area contributed by atoms with Crippen molar-refractivity contribution < 1.29 is 19.2 Å². The molecule has 0 aliphatic carbocycles. The fourth-order valence-electron chi connectivity index (χ4n) is 2.97. The molecule has 162 valence electrons. The van der Waals surface area contributed by atoms with Crippen molar-refractivity contribution >= 4 is 23.2 Å². The zero-order valence-electron chi connectivity index (χ0n) is 17.3. The quantitative estimate of drug-likeness (QED) is 0.197. The summed E-state index contributed by atoms with van der Waals surface area (Å²) in [5.41, 5.74) is 0.175. The molecule has 3 rings (SSSR count). The number of hydrogen-bond acceptors (Lipinski definition) is 8. The van der Waals surface area contributed by atoms with E-state index in [0.29, 0.717) is 29.0 Å². The van der Waals surface area contributed by atoms with Gasteiger partial charge in [-0.15, -0.1) is 10.2 Å². The van der Waals surface area contributed by atoms with Gasteiger partial charge >= 0.3 is 0 Å². The van der Waals surface area contributed by atoms with Crippen molar-refractivity contribution in [3.05, 3.63) is 70.0 Å². The van der Waals surface area contributed by atoms with Crippen LogP contribution in [0.15, 0.2) is 53.7 Å². The average Bonchev–Trinajstić information content (AvgIpc) is 3.21. The first kappa shape index (κ1) is 22.3. The van der Waals surface area contributed by atoms with E-state index in [0.717, 1.165) is 0 Å². The first-order valence-corrected chi connectivity index (χ1v) is 10.6. The van der Waals surface area contributed by atoms with Gasteiger partial charge in [-0.1, -0.05) is 36.0 Å². The molecular weight excluding hydrogens is 420 g/mol. The summed E-state index contributed by atoms with van der Waals surface area (Å²) in [6, 6.07) is 13.0. The summed E-state index contributed by atoms with van der Waals surface area (Å²) in [5.74, 6) is 1.70. The SMILES string of the molecule is CCn1c(SCC(=O)c2cccc([N+](=O)[O-])c2)nnc1C(C)Oc1ccccc1OC. The molecule has 31 heavy (non-hydrogen) atoms. The Kier molecular flexibility index (Phi) is 7.24. The first-order valence-electron chi connectivity index (χ1n) is 9.57. The Morgan fingerprint density at radius 3 is 2.61 bits per heavy atom. The molecule has 2 aromatic carbocycles. The third-order valence-electron chi connectivity index (χ3n) is 4.51. The monoisotopic (exact) mass is 442 g/mol. The highest BCUT2D eigenvalue weighted by atomic mass is 32.2. The van der Waals surface area contributed by atoms with Gasteiger partial charge in [0.05, 0.1) is 17.8 Å². The van der Waals surface area contributed by atoms with Crippen LogP contribution in [0.4, 0.5) is 5.69 Å². The van der Waals surface area contributed by atoms with Gasteiger partial charge in [-0.25, -0.2) is 0 Å². The summed E-state index contributed by atoms with van der Waals surface area (Å²) in [4.78, 5) is 22.9. The highest BCUT2D eigenvalue weighted by Crippen LogP contribution is 2.31. The number of aromatic nitrogens is 3. The molecule has 0 amide bonds. The maximum absolute atomic E-state index is 12.5. The standard InChI is InChI=1S/C21H22N4O5S/c1-4-24-20(14(2)30-19-11-6-5-10-18(19)29-3)22-23-21(24)31-13-17(26)15-8-7-9-16(12-15)25(27)28/h5-12,14H,4,13H2,1-3H3. The Morgan fingerprint density at radius 1 is 1.19 bits per heavy atom. The number of non-ortho nitro benzene ring substituents is 1. The molecule has 0 aliphatic heterocycles. The summed E-state index contributed by atoms with van der Waals surface area (Å²) < 4.78 is 13.2. The molecule has 0 N–H and O–H groups in total. The highest BCUT2D eigenvalue weighted by Gasteiger charge is 2.21. The molecule has 0 saturated carbocycles. The number of thioether (sulfide) groups is 1. The third kappa shape index (κ3) is 5.21. The Hall–Kier alpha value is -3.40. The third-order valence-corrected chi connectivity index (χ3v) is 5.48.